The molecular formula is C35H35FN2O3. The SMILES string of the molecule is O=C1/C(=C/c2ccc(F)cc2)COc2cc(OCCCCCCNc3c4c(nc5ccccc35)CCCC4)ccc21. The molecule has 1 aromatic heterocycles. The monoisotopic (exact) mass is 550 g/mol. The lowest BCUT2D eigenvalue weighted by atomic mass is 9.92. The fourth-order valence-electron chi connectivity index (χ4n) is 5.72. The predicted octanol–water partition coefficient (Wildman–Crippen LogP) is 7.96. The fourth-order valence-corrected chi connectivity index (χ4v) is 5.72. The highest BCUT2D eigenvalue weighted by Gasteiger charge is 2.24. The molecule has 6 heteroatoms. The van der Waals surface area contributed by atoms with Crippen LogP contribution in [0.15, 0.2) is 72.3 Å². The first-order valence-corrected chi connectivity index (χ1v) is 14.7. The highest BCUT2D eigenvalue weighted by Crippen LogP contribution is 2.34. The van der Waals surface area contributed by atoms with E-state index in [1.165, 1.54) is 47.3 Å². The Balaban J connectivity index is 0.951. The molecule has 1 aliphatic heterocycles. The molecule has 210 valence electrons. The van der Waals surface area contributed by atoms with Crippen LogP contribution in [0.5, 0.6) is 11.5 Å². The van der Waals surface area contributed by atoms with Gasteiger partial charge in [0.2, 0.25) is 0 Å². The van der Waals surface area contributed by atoms with Crippen molar-refractivity contribution in [2.45, 2.75) is 51.4 Å². The Morgan fingerprint density at radius 1 is 0.951 bits per heavy atom. The van der Waals surface area contributed by atoms with Gasteiger partial charge in [0, 0.05) is 35.0 Å². The van der Waals surface area contributed by atoms with E-state index in [0.717, 1.165) is 56.1 Å². The van der Waals surface area contributed by atoms with E-state index < -0.39 is 0 Å². The Kier molecular flexibility index (Phi) is 8.26. The smallest absolute Gasteiger partial charge is 0.196 e. The van der Waals surface area contributed by atoms with Gasteiger partial charge in [0.15, 0.2) is 5.78 Å². The van der Waals surface area contributed by atoms with E-state index in [2.05, 4.69) is 29.6 Å². The van der Waals surface area contributed by atoms with Crippen molar-refractivity contribution in [2.75, 3.05) is 25.1 Å². The summed E-state index contributed by atoms with van der Waals surface area (Å²) in [6, 6.07) is 19.9. The van der Waals surface area contributed by atoms with Crippen LogP contribution in [-0.2, 0) is 12.8 Å². The van der Waals surface area contributed by atoms with Gasteiger partial charge in [-0.25, -0.2) is 4.39 Å². The number of carbonyl (C=O) groups is 1. The summed E-state index contributed by atoms with van der Waals surface area (Å²) in [5, 5.41) is 4.99. The van der Waals surface area contributed by atoms with Gasteiger partial charge in [0.05, 0.1) is 17.7 Å². The van der Waals surface area contributed by atoms with Crippen LogP contribution in [0.25, 0.3) is 17.0 Å². The number of anilines is 1. The average Bonchev–Trinajstić information content (AvgIpc) is 3.00. The third-order valence-corrected chi connectivity index (χ3v) is 7.89. The average molecular weight is 551 g/mol. The molecule has 1 N–H and O–H groups in total. The van der Waals surface area contributed by atoms with Crippen molar-refractivity contribution in [3.05, 3.63) is 101 Å². The van der Waals surface area contributed by atoms with Gasteiger partial charge in [0.1, 0.15) is 23.9 Å². The van der Waals surface area contributed by atoms with Crippen LogP contribution < -0.4 is 14.8 Å². The number of hydrogen-bond donors (Lipinski definition) is 1. The van der Waals surface area contributed by atoms with Crippen molar-refractivity contribution in [1.29, 1.82) is 0 Å². The molecule has 41 heavy (non-hydrogen) atoms. The summed E-state index contributed by atoms with van der Waals surface area (Å²) in [6.07, 6.45) is 10.7. The van der Waals surface area contributed by atoms with Gasteiger partial charge in [-0.05, 0) is 86.1 Å². The highest BCUT2D eigenvalue weighted by atomic mass is 19.1. The molecule has 0 fully saturated rings. The van der Waals surface area contributed by atoms with E-state index in [0.29, 0.717) is 29.2 Å². The van der Waals surface area contributed by atoms with Crippen molar-refractivity contribution in [3.8, 4) is 11.5 Å². The topological polar surface area (TPSA) is 60.5 Å². The number of hydrogen-bond acceptors (Lipinski definition) is 5. The standard InChI is InChI=1S/C35H35FN2O3/c36-26-15-13-24(14-16-26)21-25-23-41-33-22-27(17-18-30(33)35(25)39)40-20-8-2-1-7-19-37-34-28-9-3-5-11-31(28)38-32-12-6-4-10-29(32)34/h3,5,9,11,13-18,21-22H,1-2,4,6-8,10,12,19-20,23H2,(H,37,38)/b25-21+. The minimum Gasteiger partial charge on any atom is -0.493 e. The van der Waals surface area contributed by atoms with E-state index in [-0.39, 0.29) is 18.2 Å². The molecule has 0 saturated carbocycles. The molecule has 5 nitrogen and oxygen atoms in total. The third-order valence-electron chi connectivity index (χ3n) is 7.89. The molecular weight excluding hydrogens is 515 g/mol. The molecule has 2 aliphatic rings. The maximum absolute atomic E-state index is 13.2. The Morgan fingerprint density at radius 2 is 1.78 bits per heavy atom. The van der Waals surface area contributed by atoms with Crippen LogP contribution in [-0.4, -0.2) is 30.5 Å². The van der Waals surface area contributed by atoms with Crippen LogP contribution in [0.1, 0.15) is 65.7 Å². The summed E-state index contributed by atoms with van der Waals surface area (Å²) in [7, 11) is 0. The molecule has 0 unspecified atom stereocenters. The molecule has 3 aromatic carbocycles. The van der Waals surface area contributed by atoms with Crippen LogP contribution in [0.3, 0.4) is 0 Å². The van der Waals surface area contributed by atoms with Crippen LogP contribution in [0.4, 0.5) is 10.1 Å². The summed E-state index contributed by atoms with van der Waals surface area (Å²) in [6.45, 7) is 1.76. The molecule has 0 spiro atoms. The predicted molar refractivity (Wildman–Crippen MR) is 161 cm³/mol. The fraction of sp³-hybridized carbons (Fsp3) is 0.314. The number of ketones is 1. The lowest BCUT2D eigenvalue weighted by Crippen LogP contribution is -2.19. The van der Waals surface area contributed by atoms with Crippen LogP contribution in [0.2, 0.25) is 0 Å². The number of aromatic nitrogens is 1. The Hall–Kier alpha value is -4.19. The maximum atomic E-state index is 13.2. The molecule has 6 rings (SSSR count). The zero-order valence-electron chi connectivity index (χ0n) is 23.3. The second-order valence-electron chi connectivity index (χ2n) is 10.8. The van der Waals surface area contributed by atoms with Crippen molar-refractivity contribution in [1.82, 2.24) is 4.98 Å². The molecule has 4 aromatic rings. The molecule has 0 amide bonds. The summed E-state index contributed by atoms with van der Waals surface area (Å²) in [4.78, 5) is 17.9. The molecule has 2 heterocycles. The summed E-state index contributed by atoms with van der Waals surface area (Å²) in [5.41, 5.74) is 6.90. The second kappa shape index (κ2) is 12.5. The summed E-state index contributed by atoms with van der Waals surface area (Å²) < 4.78 is 25.0. The van der Waals surface area contributed by atoms with E-state index in [1.807, 2.05) is 6.07 Å². The summed E-state index contributed by atoms with van der Waals surface area (Å²) >= 11 is 0. The lowest BCUT2D eigenvalue weighted by Gasteiger charge is -2.21. The largest absolute Gasteiger partial charge is 0.493 e. The number of nitrogens with zero attached hydrogens (tertiary/aromatic N) is 1. The van der Waals surface area contributed by atoms with Crippen molar-refractivity contribution in [3.63, 3.8) is 0 Å². The quantitative estimate of drug-likeness (QED) is 0.160. The number of carbonyl (C=O) groups excluding carboxylic acids is 1. The number of fused-ring (bicyclic) bond motifs is 3. The van der Waals surface area contributed by atoms with Gasteiger partial charge in [-0.1, -0.05) is 43.2 Å². The number of Topliss-reactive ketones (excluding diaryl/α,β-unsaturated/α-hetero) is 1. The molecule has 0 saturated heterocycles. The Bertz CT molecular complexity index is 1580. The first kappa shape index (κ1) is 27.0. The van der Waals surface area contributed by atoms with E-state index in [9.17, 15) is 9.18 Å². The third kappa shape index (κ3) is 6.27. The number of benzene rings is 3. The number of aryl methyl sites for hydroxylation is 1. The number of pyridine rings is 1. The minimum atomic E-state index is -0.305. The number of ether oxygens (including phenoxy) is 2. The van der Waals surface area contributed by atoms with Crippen molar-refractivity contribution < 1.29 is 18.7 Å². The van der Waals surface area contributed by atoms with Gasteiger partial charge in [-0.2, -0.15) is 0 Å². The van der Waals surface area contributed by atoms with Gasteiger partial charge >= 0.3 is 0 Å². The normalized spacial score (nSPS) is 15.3. The van der Waals surface area contributed by atoms with Crippen LogP contribution in [0, 0.1) is 5.82 Å². The molecule has 1 aliphatic carbocycles. The Morgan fingerprint density at radius 3 is 2.68 bits per heavy atom. The first-order valence-electron chi connectivity index (χ1n) is 14.7. The molecule has 0 radical (unpaired) electrons. The minimum absolute atomic E-state index is 0.0731. The zero-order valence-corrected chi connectivity index (χ0v) is 23.3. The highest BCUT2D eigenvalue weighted by molar-refractivity contribution is 6.14. The first-order chi connectivity index (χ1) is 20.2. The molecule has 0 bridgehead atoms. The summed E-state index contributed by atoms with van der Waals surface area (Å²) in [5.74, 6) is 0.871. The lowest BCUT2D eigenvalue weighted by molar-refractivity contribution is 0.100. The number of halogens is 1. The number of para-hydroxylation sites is 1. The van der Waals surface area contributed by atoms with E-state index in [4.69, 9.17) is 14.5 Å². The Labute approximate surface area is 240 Å². The molecule has 0 atom stereocenters. The van der Waals surface area contributed by atoms with Gasteiger partial charge in [0.25, 0.3) is 0 Å². The second-order valence-corrected chi connectivity index (χ2v) is 10.8. The zero-order chi connectivity index (χ0) is 28.0. The maximum Gasteiger partial charge on any atom is 0.196 e. The van der Waals surface area contributed by atoms with Gasteiger partial charge < -0.3 is 14.8 Å². The van der Waals surface area contributed by atoms with E-state index in [1.54, 1.807) is 30.3 Å². The van der Waals surface area contributed by atoms with Crippen LogP contribution >= 0.6 is 0 Å². The van der Waals surface area contributed by atoms with E-state index >= 15 is 0 Å². The van der Waals surface area contributed by atoms with Crippen molar-refractivity contribution in [2.24, 2.45) is 0 Å². The number of rotatable bonds is 10. The number of unbranched alkanes of at least 4 members (excludes halogenated alkanes) is 3. The van der Waals surface area contributed by atoms with Gasteiger partial charge in [-0.3, -0.25) is 9.78 Å². The van der Waals surface area contributed by atoms with Crippen molar-refractivity contribution >= 4 is 28.4 Å². The number of nitrogens with one attached hydrogen (secondary N) is 1. The van der Waals surface area contributed by atoms with Gasteiger partial charge in [-0.15, -0.1) is 0 Å².